The number of nitriles is 2. The molecule has 0 spiro atoms. The SMILES string of the molecule is N#Cc1ccc(N2CCN(S(=O)(=O)c3ccccc3C#N)CC2)c([N+](=O)[O-])c1. The van der Waals surface area contributed by atoms with Crippen molar-refractivity contribution in [1.82, 2.24) is 4.31 Å². The summed E-state index contributed by atoms with van der Waals surface area (Å²) in [4.78, 5) is 12.5. The number of benzene rings is 2. The Morgan fingerprint density at radius 1 is 1.00 bits per heavy atom. The van der Waals surface area contributed by atoms with Gasteiger partial charge in [0.2, 0.25) is 10.0 Å². The second-order valence-electron chi connectivity index (χ2n) is 6.07. The maximum absolute atomic E-state index is 12.9. The van der Waals surface area contributed by atoms with Crippen LogP contribution in [0.1, 0.15) is 11.1 Å². The van der Waals surface area contributed by atoms with E-state index < -0.39 is 14.9 Å². The highest BCUT2D eigenvalue weighted by Crippen LogP contribution is 2.31. The van der Waals surface area contributed by atoms with E-state index in [-0.39, 0.29) is 47.9 Å². The van der Waals surface area contributed by atoms with E-state index in [4.69, 9.17) is 10.5 Å². The molecule has 0 bridgehead atoms. The number of hydrogen-bond acceptors (Lipinski definition) is 7. The van der Waals surface area contributed by atoms with Crippen molar-refractivity contribution in [3.63, 3.8) is 0 Å². The normalized spacial score (nSPS) is 14.9. The number of rotatable bonds is 4. The van der Waals surface area contributed by atoms with Crippen molar-refractivity contribution >= 4 is 21.4 Å². The van der Waals surface area contributed by atoms with Crippen molar-refractivity contribution in [3.8, 4) is 12.1 Å². The van der Waals surface area contributed by atoms with Crippen LogP contribution in [0.2, 0.25) is 0 Å². The van der Waals surface area contributed by atoms with Gasteiger partial charge in [0.25, 0.3) is 5.69 Å². The topological polar surface area (TPSA) is 131 Å². The van der Waals surface area contributed by atoms with Gasteiger partial charge in [0, 0.05) is 32.2 Å². The summed E-state index contributed by atoms with van der Waals surface area (Å²) >= 11 is 0. The fourth-order valence-corrected chi connectivity index (χ4v) is 4.66. The lowest BCUT2D eigenvalue weighted by atomic mass is 10.1. The van der Waals surface area contributed by atoms with Crippen LogP contribution in [0.3, 0.4) is 0 Å². The molecule has 3 rings (SSSR count). The van der Waals surface area contributed by atoms with Gasteiger partial charge in [0.1, 0.15) is 11.8 Å². The van der Waals surface area contributed by atoms with Crippen LogP contribution in [0.4, 0.5) is 11.4 Å². The predicted octanol–water partition coefficient (Wildman–Crippen LogP) is 1.85. The Labute approximate surface area is 161 Å². The highest BCUT2D eigenvalue weighted by atomic mass is 32.2. The minimum Gasteiger partial charge on any atom is -0.363 e. The molecule has 9 nitrogen and oxygen atoms in total. The number of nitrogens with zero attached hydrogens (tertiary/aromatic N) is 5. The van der Waals surface area contributed by atoms with E-state index in [0.717, 1.165) is 0 Å². The van der Waals surface area contributed by atoms with Crippen molar-refractivity contribution in [3.05, 3.63) is 63.7 Å². The first-order valence-electron chi connectivity index (χ1n) is 8.31. The molecule has 0 amide bonds. The maximum Gasteiger partial charge on any atom is 0.293 e. The van der Waals surface area contributed by atoms with E-state index in [1.165, 1.54) is 34.6 Å². The summed E-state index contributed by atoms with van der Waals surface area (Å²) in [5.74, 6) is 0. The average Bonchev–Trinajstić information content (AvgIpc) is 2.73. The van der Waals surface area contributed by atoms with Gasteiger partial charge in [0.05, 0.1) is 27.0 Å². The molecule has 2 aromatic rings. The fraction of sp³-hybridized carbons (Fsp3) is 0.222. The molecule has 0 aliphatic carbocycles. The first-order valence-corrected chi connectivity index (χ1v) is 9.75. The third kappa shape index (κ3) is 3.51. The summed E-state index contributed by atoms with van der Waals surface area (Å²) in [6.45, 7) is 0.750. The quantitative estimate of drug-likeness (QED) is 0.568. The van der Waals surface area contributed by atoms with Gasteiger partial charge < -0.3 is 4.90 Å². The largest absolute Gasteiger partial charge is 0.363 e. The second-order valence-corrected chi connectivity index (χ2v) is 7.98. The van der Waals surface area contributed by atoms with Gasteiger partial charge in [-0.2, -0.15) is 14.8 Å². The van der Waals surface area contributed by atoms with Crippen molar-refractivity contribution in [2.45, 2.75) is 4.90 Å². The zero-order valence-electron chi connectivity index (χ0n) is 14.6. The van der Waals surface area contributed by atoms with Crippen molar-refractivity contribution < 1.29 is 13.3 Å². The van der Waals surface area contributed by atoms with Gasteiger partial charge in [-0.25, -0.2) is 8.42 Å². The van der Waals surface area contributed by atoms with Crippen LogP contribution >= 0.6 is 0 Å². The minimum atomic E-state index is -3.84. The highest BCUT2D eigenvalue weighted by Gasteiger charge is 2.32. The summed E-state index contributed by atoms with van der Waals surface area (Å²) in [6, 6.07) is 14.0. The Bertz CT molecular complexity index is 1110. The molecular formula is C18H15N5O4S. The summed E-state index contributed by atoms with van der Waals surface area (Å²) in [5.41, 5.74) is 0.418. The van der Waals surface area contributed by atoms with Gasteiger partial charge >= 0.3 is 0 Å². The van der Waals surface area contributed by atoms with Crippen molar-refractivity contribution in [2.24, 2.45) is 0 Å². The van der Waals surface area contributed by atoms with E-state index in [1.54, 1.807) is 17.0 Å². The molecule has 2 aromatic carbocycles. The van der Waals surface area contributed by atoms with Gasteiger partial charge in [0.15, 0.2) is 0 Å². The summed E-state index contributed by atoms with van der Waals surface area (Å²) in [5, 5.41) is 29.5. The lowest BCUT2D eigenvalue weighted by Crippen LogP contribution is -2.48. The molecule has 10 heteroatoms. The standard InChI is InChI=1S/C18H15N5O4S/c19-12-14-5-6-16(17(11-14)23(24)25)21-7-9-22(10-8-21)28(26,27)18-4-2-1-3-15(18)13-20/h1-6,11H,7-10H2. The third-order valence-corrected chi connectivity index (χ3v) is 6.46. The summed E-state index contributed by atoms with van der Waals surface area (Å²) in [7, 11) is -3.84. The Morgan fingerprint density at radius 3 is 2.29 bits per heavy atom. The van der Waals surface area contributed by atoms with E-state index in [0.29, 0.717) is 5.69 Å². The molecule has 1 aliphatic heterocycles. The molecule has 0 unspecified atom stereocenters. The van der Waals surface area contributed by atoms with Crippen LogP contribution < -0.4 is 4.90 Å². The Hall–Kier alpha value is -3.47. The molecule has 1 heterocycles. The van der Waals surface area contributed by atoms with E-state index in [1.807, 2.05) is 12.1 Å². The molecule has 28 heavy (non-hydrogen) atoms. The van der Waals surface area contributed by atoms with Crippen LogP contribution in [0, 0.1) is 32.8 Å². The number of piperazine rings is 1. The molecule has 1 aliphatic rings. The van der Waals surface area contributed by atoms with Crippen molar-refractivity contribution in [1.29, 1.82) is 10.5 Å². The number of nitro groups is 1. The number of sulfonamides is 1. The molecule has 1 fully saturated rings. The molecular weight excluding hydrogens is 382 g/mol. The zero-order chi connectivity index (χ0) is 20.3. The Balaban J connectivity index is 1.83. The van der Waals surface area contributed by atoms with E-state index in [2.05, 4.69) is 0 Å². The highest BCUT2D eigenvalue weighted by molar-refractivity contribution is 7.89. The number of hydrogen-bond donors (Lipinski definition) is 0. The van der Waals surface area contributed by atoms with E-state index >= 15 is 0 Å². The van der Waals surface area contributed by atoms with Gasteiger partial charge in [-0.1, -0.05) is 12.1 Å². The molecule has 1 saturated heterocycles. The van der Waals surface area contributed by atoms with Gasteiger partial charge in [-0.05, 0) is 24.3 Å². The average molecular weight is 397 g/mol. The second kappa shape index (κ2) is 7.64. The minimum absolute atomic E-state index is 0.0460. The van der Waals surface area contributed by atoms with Crippen molar-refractivity contribution in [2.75, 3.05) is 31.1 Å². The van der Waals surface area contributed by atoms with Gasteiger partial charge in [-0.15, -0.1) is 0 Å². The molecule has 0 radical (unpaired) electrons. The van der Waals surface area contributed by atoms with Crippen LogP contribution in [0.15, 0.2) is 47.4 Å². The molecule has 0 atom stereocenters. The monoisotopic (exact) mass is 397 g/mol. The van der Waals surface area contributed by atoms with E-state index in [9.17, 15) is 18.5 Å². The fourth-order valence-electron chi connectivity index (χ4n) is 3.10. The maximum atomic E-state index is 12.9. The zero-order valence-corrected chi connectivity index (χ0v) is 15.5. The smallest absolute Gasteiger partial charge is 0.293 e. The van der Waals surface area contributed by atoms with Gasteiger partial charge in [-0.3, -0.25) is 10.1 Å². The van der Waals surface area contributed by atoms with Crippen LogP contribution in [-0.2, 0) is 10.0 Å². The first-order chi connectivity index (χ1) is 13.4. The lowest BCUT2D eigenvalue weighted by Gasteiger charge is -2.35. The Kier molecular flexibility index (Phi) is 5.27. The summed E-state index contributed by atoms with van der Waals surface area (Å²) < 4.78 is 27.0. The molecule has 0 N–H and O–H groups in total. The van der Waals surface area contributed by atoms with Crippen LogP contribution in [0.25, 0.3) is 0 Å². The predicted molar refractivity (Wildman–Crippen MR) is 99.9 cm³/mol. The van der Waals surface area contributed by atoms with Crippen LogP contribution in [-0.4, -0.2) is 43.8 Å². The molecule has 142 valence electrons. The third-order valence-electron chi connectivity index (χ3n) is 4.51. The first kappa shape index (κ1) is 19.3. The van der Waals surface area contributed by atoms with Crippen LogP contribution in [0.5, 0.6) is 0 Å². The number of anilines is 1. The molecule has 0 aromatic heterocycles. The number of nitro benzene ring substituents is 1. The lowest BCUT2D eigenvalue weighted by molar-refractivity contribution is -0.384. The Morgan fingerprint density at radius 2 is 1.68 bits per heavy atom. The summed E-state index contributed by atoms with van der Waals surface area (Å²) in [6.07, 6.45) is 0. The molecule has 0 saturated carbocycles.